The van der Waals surface area contributed by atoms with Crippen LogP contribution >= 0.6 is 39.1 Å². The molecule has 2 aromatic heterocycles. The Kier molecular flexibility index (Phi) is 4.19. The smallest absolute Gasteiger partial charge is 0.264 e. The van der Waals surface area contributed by atoms with Crippen LogP contribution in [0.5, 0.6) is 5.75 Å². The monoisotopic (exact) mass is 388 g/mol. The molecule has 0 bridgehead atoms. The van der Waals surface area contributed by atoms with Gasteiger partial charge in [-0.1, -0.05) is 34.4 Å². The summed E-state index contributed by atoms with van der Waals surface area (Å²) in [7, 11) is 0. The number of furan rings is 1. The van der Waals surface area contributed by atoms with E-state index in [-0.39, 0.29) is 6.61 Å². The van der Waals surface area contributed by atoms with E-state index in [1.54, 1.807) is 30.3 Å². The quantitative estimate of drug-likeness (QED) is 0.629. The van der Waals surface area contributed by atoms with Gasteiger partial charge in [-0.15, -0.1) is 0 Å². The molecule has 0 N–H and O–H groups in total. The molecule has 8 heteroatoms. The van der Waals surface area contributed by atoms with Gasteiger partial charge >= 0.3 is 0 Å². The molecule has 5 nitrogen and oxygen atoms in total. The van der Waals surface area contributed by atoms with Gasteiger partial charge in [0.2, 0.25) is 5.82 Å². The second-order valence-electron chi connectivity index (χ2n) is 3.96. The molecule has 108 valence electrons. The Balaban J connectivity index is 1.72. The van der Waals surface area contributed by atoms with Crippen molar-refractivity contribution < 1.29 is 13.7 Å². The summed E-state index contributed by atoms with van der Waals surface area (Å²) in [5.74, 6) is 1.59. The van der Waals surface area contributed by atoms with Crippen LogP contribution < -0.4 is 4.74 Å². The van der Waals surface area contributed by atoms with Gasteiger partial charge in [-0.25, -0.2) is 0 Å². The summed E-state index contributed by atoms with van der Waals surface area (Å²) in [5.41, 5.74) is 0. The second kappa shape index (κ2) is 6.09. The largest absolute Gasteiger partial charge is 0.482 e. The Morgan fingerprint density at radius 2 is 2.05 bits per heavy atom. The van der Waals surface area contributed by atoms with E-state index in [2.05, 4.69) is 26.1 Å². The van der Waals surface area contributed by atoms with E-state index in [1.807, 2.05) is 0 Å². The summed E-state index contributed by atoms with van der Waals surface area (Å²) in [6.07, 6.45) is 0. The normalized spacial score (nSPS) is 10.8. The molecule has 0 aliphatic carbocycles. The van der Waals surface area contributed by atoms with Crippen molar-refractivity contribution in [3.8, 4) is 17.3 Å². The van der Waals surface area contributed by atoms with Crippen LogP contribution in [0.4, 0.5) is 0 Å². The Morgan fingerprint density at radius 3 is 2.81 bits per heavy atom. The molecule has 0 aliphatic rings. The summed E-state index contributed by atoms with van der Waals surface area (Å²) < 4.78 is 16.5. The van der Waals surface area contributed by atoms with E-state index < -0.39 is 0 Å². The minimum atomic E-state index is 0.0783. The molecule has 0 aliphatic heterocycles. The SMILES string of the molecule is Clc1cccc(OCc2nc(-c3ccc(Br)o3)no2)c1Cl. The van der Waals surface area contributed by atoms with E-state index in [0.717, 1.165) is 0 Å². The van der Waals surface area contributed by atoms with Gasteiger partial charge in [0.05, 0.1) is 5.02 Å². The predicted octanol–water partition coefficient (Wildman–Crippen LogP) is 4.98. The molecule has 0 saturated heterocycles. The molecule has 0 amide bonds. The zero-order valence-corrected chi connectivity index (χ0v) is 13.4. The van der Waals surface area contributed by atoms with Crippen LogP contribution in [-0.2, 0) is 6.61 Å². The molecule has 0 unspecified atom stereocenters. The average Bonchev–Trinajstić information content (AvgIpc) is 3.09. The summed E-state index contributed by atoms with van der Waals surface area (Å²) in [4.78, 5) is 4.17. The van der Waals surface area contributed by atoms with Crippen molar-refractivity contribution in [2.45, 2.75) is 6.61 Å². The number of ether oxygens (including phenoxy) is 1. The molecule has 1 aromatic carbocycles. The first-order valence-corrected chi connectivity index (χ1v) is 7.33. The second-order valence-corrected chi connectivity index (χ2v) is 5.52. The highest BCUT2D eigenvalue weighted by Gasteiger charge is 2.13. The number of rotatable bonds is 4. The summed E-state index contributed by atoms with van der Waals surface area (Å²) in [6, 6.07) is 8.59. The van der Waals surface area contributed by atoms with Crippen molar-refractivity contribution >= 4 is 39.1 Å². The Morgan fingerprint density at radius 1 is 1.19 bits per heavy atom. The van der Waals surface area contributed by atoms with E-state index in [1.165, 1.54) is 0 Å². The third-order valence-corrected chi connectivity index (χ3v) is 3.76. The van der Waals surface area contributed by atoms with Crippen molar-refractivity contribution in [1.29, 1.82) is 0 Å². The van der Waals surface area contributed by atoms with Crippen molar-refractivity contribution in [2.24, 2.45) is 0 Å². The Labute approximate surface area is 137 Å². The van der Waals surface area contributed by atoms with E-state index in [9.17, 15) is 0 Å². The third kappa shape index (κ3) is 3.23. The van der Waals surface area contributed by atoms with Crippen LogP contribution in [0.2, 0.25) is 10.0 Å². The first-order chi connectivity index (χ1) is 10.1. The van der Waals surface area contributed by atoms with Gasteiger partial charge in [-0.3, -0.25) is 0 Å². The topological polar surface area (TPSA) is 61.3 Å². The first-order valence-electron chi connectivity index (χ1n) is 5.78. The zero-order chi connectivity index (χ0) is 14.8. The molecule has 2 heterocycles. The standard InChI is InChI=1S/C13H7BrCl2N2O3/c14-10-5-4-9(20-10)13-17-11(21-18-13)6-19-8-3-1-2-7(15)12(8)16/h1-5H,6H2. The maximum Gasteiger partial charge on any atom is 0.264 e. The molecular formula is C13H7BrCl2N2O3. The minimum Gasteiger partial charge on any atom is -0.482 e. The number of hydrogen-bond acceptors (Lipinski definition) is 5. The van der Waals surface area contributed by atoms with Crippen LogP contribution in [0.15, 0.2) is 43.9 Å². The lowest BCUT2D eigenvalue weighted by Crippen LogP contribution is -1.96. The van der Waals surface area contributed by atoms with E-state index >= 15 is 0 Å². The van der Waals surface area contributed by atoms with Crippen LogP contribution in [-0.4, -0.2) is 10.1 Å². The lowest BCUT2D eigenvalue weighted by molar-refractivity contribution is 0.243. The highest BCUT2D eigenvalue weighted by atomic mass is 79.9. The fourth-order valence-electron chi connectivity index (χ4n) is 1.58. The molecule has 0 radical (unpaired) electrons. The van der Waals surface area contributed by atoms with Crippen molar-refractivity contribution in [2.75, 3.05) is 0 Å². The molecule has 0 fully saturated rings. The van der Waals surface area contributed by atoms with Crippen molar-refractivity contribution in [3.63, 3.8) is 0 Å². The number of halogens is 3. The van der Waals surface area contributed by atoms with Crippen LogP contribution in [0, 0.1) is 0 Å². The average molecular weight is 390 g/mol. The summed E-state index contributed by atoms with van der Waals surface area (Å²) in [5, 5.41) is 4.57. The highest BCUT2D eigenvalue weighted by Crippen LogP contribution is 2.32. The summed E-state index contributed by atoms with van der Waals surface area (Å²) in [6.45, 7) is 0.0783. The highest BCUT2D eigenvalue weighted by molar-refractivity contribution is 9.10. The van der Waals surface area contributed by atoms with Gasteiger partial charge in [-0.05, 0) is 40.2 Å². The zero-order valence-electron chi connectivity index (χ0n) is 10.3. The fraction of sp³-hybridized carbons (Fsp3) is 0.0769. The molecule has 0 saturated carbocycles. The van der Waals surface area contributed by atoms with Gasteiger partial charge in [0, 0.05) is 0 Å². The van der Waals surface area contributed by atoms with Gasteiger partial charge in [0.25, 0.3) is 5.89 Å². The van der Waals surface area contributed by atoms with Crippen molar-refractivity contribution in [1.82, 2.24) is 10.1 Å². The lowest BCUT2D eigenvalue weighted by atomic mass is 10.3. The molecule has 3 rings (SSSR count). The summed E-state index contributed by atoms with van der Waals surface area (Å²) >= 11 is 15.1. The fourth-order valence-corrected chi connectivity index (χ4v) is 2.24. The third-order valence-electron chi connectivity index (χ3n) is 2.53. The van der Waals surface area contributed by atoms with Crippen LogP contribution in [0.25, 0.3) is 11.6 Å². The lowest BCUT2D eigenvalue weighted by Gasteiger charge is -2.05. The Hall–Kier alpha value is -1.50. The van der Waals surface area contributed by atoms with Gasteiger partial charge in [0.1, 0.15) is 10.8 Å². The molecular weight excluding hydrogens is 383 g/mol. The van der Waals surface area contributed by atoms with Crippen LogP contribution in [0.3, 0.4) is 0 Å². The predicted molar refractivity (Wildman–Crippen MR) is 80.5 cm³/mol. The van der Waals surface area contributed by atoms with Crippen molar-refractivity contribution in [3.05, 3.63) is 50.9 Å². The van der Waals surface area contributed by atoms with Gasteiger partial charge in [-0.2, -0.15) is 4.98 Å². The number of nitrogens with zero attached hydrogens (tertiary/aromatic N) is 2. The first kappa shape index (κ1) is 14.4. The number of benzene rings is 1. The molecule has 21 heavy (non-hydrogen) atoms. The van der Waals surface area contributed by atoms with Crippen LogP contribution in [0.1, 0.15) is 5.89 Å². The Bertz CT molecular complexity index is 772. The molecule has 0 atom stereocenters. The number of hydrogen-bond donors (Lipinski definition) is 0. The van der Waals surface area contributed by atoms with E-state index in [0.29, 0.717) is 37.9 Å². The number of aromatic nitrogens is 2. The van der Waals surface area contributed by atoms with E-state index in [4.69, 9.17) is 36.9 Å². The maximum absolute atomic E-state index is 6.02. The maximum atomic E-state index is 6.02. The van der Waals surface area contributed by atoms with Gasteiger partial charge < -0.3 is 13.7 Å². The molecule has 3 aromatic rings. The molecule has 0 spiro atoms. The van der Waals surface area contributed by atoms with Gasteiger partial charge in [0.15, 0.2) is 17.0 Å². The minimum absolute atomic E-state index is 0.0783.